The highest BCUT2D eigenvalue weighted by atomic mass is 16.5. The van der Waals surface area contributed by atoms with E-state index in [0.29, 0.717) is 43.3 Å². The Kier molecular flexibility index (Phi) is 6.99. The molecular weight excluding hydrogens is 464 g/mol. The molecule has 0 bridgehead atoms. The highest BCUT2D eigenvalue weighted by Crippen LogP contribution is 2.71. The number of hydrogen-bond acceptors (Lipinski definition) is 5. The van der Waals surface area contributed by atoms with Crippen molar-refractivity contribution in [2.24, 2.45) is 45.3 Å². The molecule has 0 aliphatic heterocycles. The Hall–Kier alpha value is -1.78. The molecule has 0 aromatic rings. The average molecular weight is 513 g/mol. The molecule has 4 aliphatic carbocycles. The van der Waals surface area contributed by atoms with Crippen molar-refractivity contribution >= 4 is 23.3 Å². The van der Waals surface area contributed by atoms with Crippen LogP contribution in [0.3, 0.4) is 0 Å². The largest absolute Gasteiger partial charge is 0.462 e. The van der Waals surface area contributed by atoms with Crippen LogP contribution in [0.1, 0.15) is 114 Å². The summed E-state index contributed by atoms with van der Waals surface area (Å²) in [5.74, 6) is 0.926. The lowest BCUT2D eigenvalue weighted by molar-refractivity contribution is -0.169. The van der Waals surface area contributed by atoms with E-state index in [2.05, 4.69) is 41.5 Å². The van der Waals surface area contributed by atoms with Gasteiger partial charge >= 0.3 is 5.97 Å². The predicted octanol–water partition coefficient (Wildman–Crippen LogP) is 6.67. The number of rotatable bonds is 6. The highest BCUT2D eigenvalue weighted by Gasteiger charge is 2.67. The van der Waals surface area contributed by atoms with Crippen LogP contribution in [0.5, 0.6) is 0 Å². The number of hydrogen-bond donors (Lipinski definition) is 0. The lowest BCUT2D eigenvalue weighted by atomic mass is 9.42. The number of Topliss-reactive ketones (excluding diaryl/α,β-unsaturated/α-hetero) is 3. The van der Waals surface area contributed by atoms with E-state index >= 15 is 0 Å². The molecule has 0 amide bonds. The molecule has 5 nitrogen and oxygen atoms in total. The van der Waals surface area contributed by atoms with Crippen LogP contribution in [0, 0.1) is 45.3 Å². The zero-order chi connectivity index (χ0) is 27.7. The van der Waals surface area contributed by atoms with E-state index < -0.39 is 10.8 Å². The zero-order valence-electron chi connectivity index (χ0n) is 24.6. The third kappa shape index (κ3) is 4.09. The summed E-state index contributed by atoms with van der Waals surface area (Å²) in [4.78, 5) is 52.4. The minimum atomic E-state index is -0.398. The number of fused-ring (bicyclic) bond motifs is 4. The summed E-state index contributed by atoms with van der Waals surface area (Å²) >= 11 is 0. The Morgan fingerprint density at radius 1 is 0.946 bits per heavy atom. The first-order chi connectivity index (χ1) is 17.0. The van der Waals surface area contributed by atoms with Gasteiger partial charge in [0.15, 0.2) is 11.6 Å². The molecule has 5 heteroatoms. The van der Waals surface area contributed by atoms with Crippen LogP contribution in [-0.2, 0) is 23.9 Å². The van der Waals surface area contributed by atoms with E-state index in [1.807, 2.05) is 13.8 Å². The van der Waals surface area contributed by atoms with Crippen molar-refractivity contribution in [1.29, 1.82) is 0 Å². The minimum absolute atomic E-state index is 0.0422. The van der Waals surface area contributed by atoms with Gasteiger partial charge in [-0.3, -0.25) is 19.2 Å². The second-order valence-electron chi connectivity index (χ2n) is 14.4. The molecule has 7 atom stereocenters. The lowest BCUT2D eigenvalue weighted by Crippen LogP contribution is -2.59. The lowest BCUT2D eigenvalue weighted by Gasteiger charge is -2.60. The summed E-state index contributed by atoms with van der Waals surface area (Å²) in [6.45, 7) is 18.5. The quantitative estimate of drug-likeness (QED) is 0.372. The molecule has 37 heavy (non-hydrogen) atoms. The van der Waals surface area contributed by atoms with Gasteiger partial charge in [0, 0.05) is 59.5 Å². The van der Waals surface area contributed by atoms with Crippen LogP contribution >= 0.6 is 0 Å². The van der Waals surface area contributed by atoms with Crippen molar-refractivity contribution in [3.05, 3.63) is 11.1 Å². The van der Waals surface area contributed by atoms with Gasteiger partial charge in [-0.15, -0.1) is 0 Å². The molecule has 0 N–H and O–H groups in total. The molecule has 0 spiro atoms. The fourth-order valence-corrected chi connectivity index (χ4v) is 9.36. The fraction of sp³-hybridized carbons (Fsp3) is 0.812. The summed E-state index contributed by atoms with van der Waals surface area (Å²) in [6.07, 6.45) is 5.41. The molecule has 0 aromatic heterocycles. The molecule has 2 saturated carbocycles. The molecular formula is C32H48O5. The van der Waals surface area contributed by atoms with E-state index in [4.69, 9.17) is 4.74 Å². The summed E-state index contributed by atoms with van der Waals surface area (Å²) in [5.41, 5.74) is 0.208. The van der Waals surface area contributed by atoms with Gasteiger partial charge in [-0.2, -0.15) is 0 Å². The zero-order valence-corrected chi connectivity index (χ0v) is 24.6. The van der Waals surface area contributed by atoms with Gasteiger partial charge in [0.2, 0.25) is 0 Å². The number of carbonyl (C=O) groups excluding carboxylic acids is 4. The maximum Gasteiger partial charge on any atom is 0.302 e. The van der Waals surface area contributed by atoms with Crippen molar-refractivity contribution in [2.45, 2.75) is 120 Å². The molecule has 4 aliphatic rings. The van der Waals surface area contributed by atoms with Gasteiger partial charge in [-0.25, -0.2) is 0 Å². The SMILES string of the molecule is CC(=O)O[C@H]1CC[C@]2(C)C3=C(C(=O)CC2C1(C)C)[C@]1(C)CCC([C@H](C)CCC(=O)C(C)C)[C@@]1(C)CC3=O. The van der Waals surface area contributed by atoms with Crippen LogP contribution in [-0.4, -0.2) is 29.4 Å². The van der Waals surface area contributed by atoms with Gasteiger partial charge in [0.1, 0.15) is 11.9 Å². The summed E-state index contributed by atoms with van der Waals surface area (Å²) in [7, 11) is 0. The van der Waals surface area contributed by atoms with Crippen LogP contribution < -0.4 is 0 Å². The summed E-state index contributed by atoms with van der Waals surface area (Å²) in [6, 6.07) is 0. The normalized spacial score (nSPS) is 39.7. The predicted molar refractivity (Wildman–Crippen MR) is 144 cm³/mol. The van der Waals surface area contributed by atoms with Gasteiger partial charge in [-0.1, -0.05) is 55.4 Å². The topological polar surface area (TPSA) is 77.5 Å². The number of carbonyl (C=O) groups is 4. The van der Waals surface area contributed by atoms with Gasteiger partial charge in [0.05, 0.1) is 0 Å². The standard InChI is InChI=1S/C32H48O5/c1-18(2)22(34)11-10-19(3)21-12-15-31(8)28-23(35)16-25-29(5,6)26(37-20(4)33)13-14-30(25,7)27(28)24(36)17-32(21,31)9/h18-19,21,25-26H,10-17H2,1-9H3/t19-,21?,25?,26+,30+,31+,32-/m1/s1. The molecule has 2 unspecified atom stereocenters. The van der Waals surface area contributed by atoms with Crippen molar-refractivity contribution in [3.63, 3.8) is 0 Å². The average Bonchev–Trinajstić information content (AvgIpc) is 3.05. The molecule has 4 rings (SSSR count). The number of allylic oxidation sites excluding steroid dienone is 2. The third-order valence-corrected chi connectivity index (χ3v) is 11.8. The Labute approximate surface area is 223 Å². The van der Waals surface area contributed by atoms with Crippen LogP contribution in [0.25, 0.3) is 0 Å². The summed E-state index contributed by atoms with van der Waals surface area (Å²) in [5, 5.41) is 0. The number of esters is 1. The van der Waals surface area contributed by atoms with Crippen molar-refractivity contribution in [1.82, 2.24) is 0 Å². The molecule has 0 radical (unpaired) electrons. The highest BCUT2D eigenvalue weighted by molar-refractivity contribution is 6.11. The van der Waals surface area contributed by atoms with Crippen LogP contribution in [0.15, 0.2) is 11.1 Å². The molecule has 0 heterocycles. The minimum Gasteiger partial charge on any atom is -0.462 e. The van der Waals surface area contributed by atoms with Crippen molar-refractivity contribution in [2.75, 3.05) is 0 Å². The molecule has 2 fully saturated rings. The van der Waals surface area contributed by atoms with E-state index in [-0.39, 0.29) is 46.3 Å². The monoisotopic (exact) mass is 512 g/mol. The van der Waals surface area contributed by atoms with Gasteiger partial charge in [0.25, 0.3) is 0 Å². The van der Waals surface area contributed by atoms with Gasteiger partial charge < -0.3 is 4.74 Å². The van der Waals surface area contributed by atoms with Crippen molar-refractivity contribution in [3.8, 4) is 0 Å². The first-order valence-corrected chi connectivity index (χ1v) is 14.5. The first-order valence-electron chi connectivity index (χ1n) is 14.5. The van der Waals surface area contributed by atoms with Crippen LogP contribution in [0.2, 0.25) is 0 Å². The van der Waals surface area contributed by atoms with Crippen LogP contribution in [0.4, 0.5) is 0 Å². The van der Waals surface area contributed by atoms with E-state index in [0.717, 1.165) is 36.8 Å². The van der Waals surface area contributed by atoms with E-state index in [9.17, 15) is 19.2 Å². The maximum atomic E-state index is 14.2. The smallest absolute Gasteiger partial charge is 0.302 e. The first kappa shape index (κ1) is 28.2. The molecule has 206 valence electrons. The number of ketones is 3. The second kappa shape index (κ2) is 9.16. The molecule has 0 aromatic carbocycles. The number of ether oxygens (including phenoxy) is 1. The Balaban J connectivity index is 1.72. The van der Waals surface area contributed by atoms with Gasteiger partial charge in [-0.05, 0) is 55.3 Å². The summed E-state index contributed by atoms with van der Waals surface area (Å²) < 4.78 is 5.72. The fourth-order valence-electron chi connectivity index (χ4n) is 9.36. The van der Waals surface area contributed by atoms with E-state index in [1.54, 1.807) is 0 Å². The Bertz CT molecular complexity index is 1050. The Morgan fingerprint density at radius 2 is 1.59 bits per heavy atom. The van der Waals surface area contributed by atoms with Crippen molar-refractivity contribution < 1.29 is 23.9 Å². The molecule has 0 saturated heterocycles. The van der Waals surface area contributed by atoms with E-state index in [1.165, 1.54) is 6.92 Å². The second-order valence-corrected chi connectivity index (χ2v) is 14.4. The Morgan fingerprint density at radius 3 is 2.19 bits per heavy atom. The third-order valence-electron chi connectivity index (χ3n) is 11.8. The maximum absolute atomic E-state index is 14.2.